The zero-order valence-electron chi connectivity index (χ0n) is 10.8. The van der Waals surface area contributed by atoms with Crippen molar-refractivity contribution in [2.45, 2.75) is 45.7 Å². The van der Waals surface area contributed by atoms with Gasteiger partial charge in [-0.25, -0.2) is 0 Å². The van der Waals surface area contributed by atoms with Crippen LogP contribution >= 0.6 is 0 Å². The molecule has 0 bridgehead atoms. The van der Waals surface area contributed by atoms with Crippen molar-refractivity contribution in [3.05, 3.63) is 35.4 Å². The molecule has 0 aromatic heterocycles. The molecule has 0 aliphatic rings. The Labute approximate surface area is 103 Å². The summed E-state index contributed by atoms with van der Waals surface area (Å²) in [5.41, 5.74) is 2.12. The summed E-state index contributed by atoms with van der Waals surface area (Å²) < 4.78 is 0. The van der Waals surface area contributed by atoms with Gasteiger partial charge in [-0.3, -0.25) is 4.79 Å². The standard InChI is InChI=1S/C14H21NO2/c1-4-11-6-5-7-12(8-11)10-15-14(2,3)9-13(16)17/h5-8,15H,4,9-10H2,1-3H3,(H,16,17). The molecule has 0 spiro atoms. The maximum atomic E-state index is 10.7. The van der Waals surface area contributed by atoms with Crippen molar-refractivity contribution in [3.63, 3.8) is 0 Å². The average Bonchev–Trinajstić information content (AvgIpc) is 2.25. The molecule has 1 aromatic rings. The molecule has 0 aliphatic heterocycles. The molecule has 2 N–H and O–H groups in total. The molecule has 0 amide bonds. The average molecular weight is 235 g/mol. The molecular formula is C14H21NO2. The first kappa shape index (κ1) is 13.7. The summed E-state index contributed by atoms with van der Waals surface area (Å²) in [6.07, 6.45) is 1.15. The van der Waals surface area contributed by atoms with Crippen molar-refractivity contribution in [2.24, 2.45) is 0 Å². The molecule has 0 fully saturated rings. The number of rotatable bonds is 6. The molecule has 0 atom stereocenters. The summed E-state index contributed by atoms with van der Waals surface area (Å²) >= 11 is 0. The molecule has 1 rings (SSSR count). The van der Waals surface area contributed by atoms with Gasteiger partial charge in [0.05, 0.1) is 6.42 Å². The quantitative estimate of drug-likeness (QED) is 0.796. The van der Waals surface area contributed by atoms with Gasteiger partial charge < -0.3 is 10.4 Å². The minimum absolute atomic E-state index is 0.125. The lowest BCUT2D eigenvalue weighted by atomic mass is 10.00. The third kappa shape index (κ3) is 5.00. The van der Waals surface area contributed by atoms with Crippen LogP contribution in [-0.4, -0.2) is 16.6 Å². The van der Waals surface area contributed by atoms with E-state index in [2.05, 4.69) is 30.4 Å². The van der Waals surface area contributed by atoms with Gasteiger partial charge in [0.25, 0.3) is 0 Å². The second kappa shape index (κ2) is 5.82. The highest BCUT2D eigenvalue weighted by Gasteiger charge is 2.20. The van der Waals surface area contributed by atoms with E-state index in [0.29, 0.717) is 6.54 Å². The predicted octanol–water partition coefficient (Wildman–Crippen LogP) is 2.59. The zero-order chi connectivity index (χ0) is 12.9. The van der Waals surface area contributed by atoms with E-state index in [4.69, 9.17) is 5.11 Å². The fourth-order valence-corrected chi connectivity index (χ4v) is 1.74. The molecule has 0 aliphatic carbocycles. The van der Waals surface area contributed by atoms with Crippen LogP contribution in [-0.2, 0) is 17.8 Å². The molecule has 0 saturated heterocycles. The number of carboxylic acids is 1. The highest BCUT2D eigenvalue weighted by Crippen LogP contribution is 2.11. The number of carbonyl (C=O) groups is 1. The van der Waals surface area contributed by atoms with E-state index in [9.17, 15) is 4.79 Å². The molecule has 0 radical (unpaired) electrons. The van der Waals surface area contributed by atoms with Crippen molar-refractivity contribution in [2.75, 3.05) is 0 Å². The summed E-state index contributed by atoms with van der Waals surface area (Å²) in [5.74, 6) is -0.773. The Hall–Kier alpha value is -1.35. The summed E-state index contributed by atoms with van der Waals surface area (Å²) in [6.45, 7) is 6.64. The number of aliphatic carboxylic acids is 1. The van der Waals surface area contributed by atoms with Crippen molar-refractivity contribution in [3.8, 4) is 0 Å². The lowest BCUT2D eigenvalue weighted by molar-refractivity contribution is -0.138. The van der Waals surface area contributed by atoms with Crippen LogP contribution in [0.3, 0.4) is 0 Å². The zero-order valence-corrected chi connectivity index (χ0v) is 10.8. The van der Waals surface area contributed by atoms with Gasteiger partial charge in [-0.15, -0.1) is 0 Å². The van der Waals surface area contributed by atoms with Gasteiger partial charge in [0.15, 0.2) is 0 Å². The first-order valence-electron chi connectivity index (χ1n) is 5.97. The fraction of sp³-hybridized carbons (Fsp3) is 0.500. The number of carboxylic acid groups (broad SMARTS) is 1. The van der Waals surface area contributed by atoms with Crippen LogP contribution in [0, 0.1) is 0 Å². The summed E-state index contributed by atoms with van der Waals surface area (Å²) in [6, 6.07) is 8.36. The van der Waals surface area contributed by atoms with Crippen molar-refractivity contribution in [1.82, 2.24) is 5.32 Å². The lowest BCUT2D eigenvalue weighted by Gasteiger charge is -2.24. The SMILES string of the molecule is CCc1cccc(CNC(C)(C)CC(=O)O)c1. The van der Waals surface area contributed by atoms with E-state index in [-0.39, 0.29) is 12.0 Å². The number of hydrogen-bond acceptors (Lipinski definition) is 2. The summed E-state index contributed by atoms with van der Waals surface area (Å²) in [4.78, 5) is 10.7. The van der Waals surface area contributed by atoms with Gasteiger partial charge >= 0.3 is 5.97 Å². The second-order valence-electron chi connectivity index (χ2n) is 4.98. The first-order valence-corrected chi connectivity index (χ1v) is 5.97. The minimum atomic E-state index is -0.773. The van der Waals surface area contributed by atoms with Crippen LogP contribution in [0.15, 0.2) is 24.3 Å². The van der Waals surface area contributed by atoms with E-state index in [1.807, 2.05) is 19.9 Å². The normalized spacial score (nSPS) is 11.5. The molecule has 0 saturated carbocycles. The number of nitrogens with one attached hydrogen (secondary N) is 1. The molecule has 1 aromatic carbocycles. The van der Waals surface area contributed by atoms with Crippen LogP contribution in [0.2, 0.25) is 0 Å². The van der Waals surface area contributed by atoms with E-state index in [1.165, 1.54) is 11.1 Å². The predicted molar refractivity (Wildman–Crippen MR) is 69.0 cm³/mol. The van der Waals surface area contributed by atoms with Gasteiger partial charge in [-0.2, -0.15) is 0 Å². The summed E-state index contributed by atoms with van der Waals surface area (Å²) in [5, 5.41) is 12.1. The molecule has 3 nitrogen and oxygen atoms in total. The largest absolute Gasteiger partial charge is 0.481 e. The van der Waals surface area contributed by atoms with Crippen molar-refractivity contribution >= 4 is 5.97 Å². The van der Waals surface area contributed by atoms with E-state index < -0.39 is 5.97 Å². The highest BCUT2D eigenvalue weighted by atomic mass is 16.4. The fourth-order valence-electron chi connectivity index (χ4n) is 1.74. The number of aryl methyl sites for hydroxylation is 1. The van der Waals surface area contributed by atoms with Gasteiger partial charge in [0.2, 0.25) is 0 Å². The Morgan fingerprint density at radius 3 is 2.59 bits per heavy atom. The van der Waals surface area contributed by atoms with E-state index in [0.717, 1.165) is 6.42 Å². The molecule has 0 unspecified atom stereocenters. The molecule has 3 heteroatoms. The van der Waals surface area contributed by atoms with Gasteiger partial charge in [0, 0.05) is 12.1 Å². The molecule has 94 valence electrons. The Kier molecular flexibility index (Phi) is 4.70. The molecule has 0 heterocycles. The maximum Gasteiger partial charge on any atom is 0.305 e. The van der Waals surface area contributed by atoms with Crippen LogP contribution < -0.4 is 5.32 Å². The highest BCUT2D eigenvalue weighted by molar-refractivity contribution is 5.68. The third-order valence-electron chi connectivity index (χ3n) is 2.76. The van der Waals surface area contributed by atoms with Gasteiger partial charge in [-0.05, 0) is 31.4 Å². The van der Waals surface area contributed by atoms with Crippen LogP contribution in [0.4, 0.5) is 0 Å². The van der Waals surface area contributed by atoms with Crippen LogP contribution in [0.1, 0.15) is 38.3 Å². The molecular weight excluding hydrogens is 214 g/mol. The number of hydrogen-bond donors (Lipinski definition) is 2. The van der Waals surface area contributed by atoms with Crippen molar-refractivity contribution in [1.29, 1.82) is 0 Å². The monoisotopic (exact) mass is 235 g/mol. The summed E-state index contributed by atoms with van der Waals surface area (Å²) in [7, 11) is 0. The first-order chi connectivity index (χ1) is 7.93. The van der Waals surface area contributed by atoms with E-state index in [1.54, 1.807) is 0 Å². The Balaban J connectivity index is 2.57. The smallest absolute Gasteiger partial charge is 0.305 e. The Bertz CT molecular complexity index is 386. The van der Waals surface area contributed by atoms with Crippen LogP contribution in [0.5, 0.6) is 0 Å². The Morgan fingerprint density at radius 2 is 2.00 bits per heavy atom. The Morgan fingerprint density at radius 1 is 1.35 bits per heavy atom. The van der Waals surface area contributed by atoms with Gasteiger partial charge in [-0.1, -0.05) is 31.2 Å². The third-order valence-corrected chi connectivity index (χ3v) is 2.76. The van der Waals surface area contributed by atoms with E-state index >= 15 is 0 Å². The van der Waals surface area contributed by atoms with Gasteiger partial charge in [0.1, 0.15) is 0 Å². The topological polar surface area (TPSA) is 49.3 Å². The number of benzene rings is 1. The maximum absolute atomic E-state index is 10.7. The minimum Gasteiger partial charge on any atom is -0.481 e. The molecule has 17 heavy (non-hydrogen) atoms. The second-order valence-corrected chi connectivity index (χ2v) is 4.98. The van der Waals surface area contributed by atoms with Crippen LogP contribution in [0.25, 0.3) is 0 Å². The van der Waals surface area contributed by atoms with Crippen molar-refractivity contribution < 1.29 is 9.90 Å². The lowest BCUT2D eigenvalue weighted by Crippen LogP contribution is -2.40.